The van der Waals surface area contributed by atoms with E-state index in [0.29, 0.717) is 16.7 Å². The Kier molecular flexibility index (Phi) is 4.33. The third kappa shape index (κ3) is 3.21. The lowest BCUT2D eigenvalue weighted by molar-refractivity contribution is 0.266. The highest BCUT2D eigenvalue weighted by Gasteiger charge is 2.09. The van der Waals surface area contributed by atoms with Crippen molar-refractivity contribution in [3.05, 3.63) is 38.5 Å². The van der Waals surface area contributed by atoms with Crippen molar-refractivity contribution in [2.45, 2.75) is 20.0 Å². The normalized spacial score (nSPS) is 10.7. The second-order valence-corrected chi connectivity index (χ2v) is 4.70. The number of aliphatic hydroxyl groups excluding tert-OH is 1. The molecular formula is C11H13BrN4O3. The minimum absolute atomic E-state index is 0.135. The minimum atomic E-state index is -0.296. The van der Waals surface area contributed by atoms with Gasteiger partial charge in [-0.2, -0.15) is 5.10 Å². The van der Waals surface area contributed by atoms with Gasteiger partial charge in [-0.05, 0) is 22.9 Å². The topological polar surface area (TPSA) is 93.2 Å². The lowest BCUT2D eigenvalue weighted by Crippen LogP contribution is -2.25. The van der Waals surface area contributed by atoms with Gasteiger partial charge in [0, 0.05) is 6.07 Å². The van der Waals surface area contributed by atoms with Crippen molar-refractivity contribution in [3.8, 4) is 0 Å². The Morgan fingerprint density at radius 3 is 3.00 bits per heavy atom. The number of hydrogen-bond acceptors (Lipinski definition) is 6. The Morgan fingerprint density at radius 1 is 1.58 bits per heavy atom. The minimum Gasteiger partial charge on any atom is -0.394 e. The van der Waals surface area contributed by atoms with Crippen molar-refractivity contribution < 1.29 is 9.63 Å². The van der Waals surface area contributed by atoms with Gasteiger partial charge in [0.05, 0.1) is 31.6 Å². The number of nitrogens with zero attached hydrogens (tertiary/aromatic N) is 3. The number of nitrogens with one attached hydrogen (secondary N) is 1. The van der Waals surface area contributed by atoms with E-state index in [1.807, 2.05) is 6.92 Å². The summed E-state index contributed by atoms with van der Waals surface area (Å²) in [6, 6.07) is 1.81. The highest BCUT2D eigenvalue weighted by molar-refractivity contribution is 9.10. The maximum absolute atomic E-state index is 11.9. The first-order chi connectivity index (χ1) is 9.11. The molecule has 0 amide bonds. The fourth-order valence-corrected chi connectivity index (χ4v) is 1.98. The summed E-state index contributed by atoms with van der Waals surface area (Å²) in [4.78, 5) is 11.9. The van der Waals surface area contributed by atoms with Crippen molar-refractivity contribution in [2.24, 2.45) is 0 Å². The van der Waals surface area contributed by atoms with Crippen LogP contribution in [0, 0.1) is 6.92 Å². The quantitative estimate of drug-likeness (QED) is 0.847. The van der Waals surface area contributed by atoms with E-state index in [2.05, 4.69) is 31.5 Å². The predicted octanol–water partition coefficient (Wildman–Crippen LogP) is 0.907. The number of hydrogen-bond donors (Lipinski definition) is 2. The molecule has 0 fully saturated rings. The predicted molar refractivity (Wildman–Crippen MR) is 71.8 cm³/mol. The van der Waals surface area contributed by atoms with Gasteiger partial charge in [-0.3, -0.25) is 4.79 Å². The molecule has 2 aromatic heterocycles. The number of aromatic nitrogens is 3. The highest BCUT2D eigenvalue weighted by atomic mass is 79.9. The van der Waals surface area contributed by atoms with E-state index in [0.717, 1.165) is 11.5 Å². The molecule has 0 atom stereocenters. The molecule has 2 aromatic rings. The molecule has 2 N–H and O–H groups in total. The fourth-order valence-electron chi connectivity index (χ4n) is 1.53. The third-order valence-electron chi connectivity index (χ3n) is 2.43. The maximum Gasteiger partial charge on any atom is 0.283 e. The second-order valence-electron chi connectivity index (χ2n) is 3.91. The monoisotopic (exact) mass is 328 g/mol. The molecule has 0 saturated heterocycles. The van der Waals surface area contributed by atoms with E-state index >= 15 is 0 Å². The molecule has 102 valence electrons. The van der Waals surface area contributed by atoms with Crippen molar-refractivity contribution in [1.82, 2.24) is 14.9 Å². The largest absolute Gasteiger partial charge is 0.394 e. The number of anilines is 1. The molecule has 0 aromatic carbocycles. The van der Waals surface area contributed by atoms with Crippen LogP contribution in [0.5, 0.6) is 0 Å². The second kappa shape index (κ2) is 5.98. The zero-order valence-electron chi connectivity index (χ0n) is 10.3. The zero-order chi connectivity index (χ0) is 13.8. The first-order valence-corrected chi connectivity index (χ1v) is 6.43. The van der Waals surface area contributed by atoms with Crippen LogP contribution < -0.4 is 10.9 Å². The van der Waals surface area contributed by atoms with Gasteiger partial charge >= 0.3 is 0 Å². The van der Waals surface area contributed by atoms with Gasteiger partial charge < -0.3 is 14.9 Å². The SMILES string of the molecule is Cc1cc(CNc2cnn(CCO)c(=O)c2Br)no1. The molecule has 0 unspecified atom stereocenters. The average Bonchev–Trinajstić information content (AvgIpc) is 2.80. The molecule has 8 heteroatoms. The Morgan fingerprint density at radius 2 is 2.37 bits per heavy atom. The van der Waals surface area contributed by atoms with Crippen LogP contribution in [-0.4, -0.2) is 26.7 Å². The van der Waals surface area contributed by atoms with Crippen molar-refractivity contribution in [2.75, 3.05) is 11.9 Å². The number of aliphatic hydroxyl groups is 1. The number of rotatable bonds is 5. The molecule has 19 heavy (non-hydrogen) atoms. The molecular weight excluding hydrogens is 316 g/mol. The van der Waals surface area contributed by atoms with Gasteiger partial charge in [0.2, 0.25) is 0 Å². The van der Waals surface area contributed by atoms with Crippen LogP contribution in [0.3, 0.4) is 0 Å². The molecule has 7 nitrogen and oxygen atoms in total. The van der Waals surface area contributed by atoms with Crippen LogP contribution in [0.15, 0.2) is 26.1 Å². The highest BCUT2D eigenvalue weighted by Crippen LogP contribution is 2.17. The Hall–Kier alpha value is -1.67. The van der Waals surface area contributed by atoms with Crippen LogP contribution in [0.1, 0.15) is 11.5 Å². The van der Waals surface area contributed by atoms with Gasteiger partial charge in [-0.25, -0.2) is 4.68 Å². The van der Waals surface area contributed by atoms with E-state index in [-0.39, 0.29) is 18.7 Å². The number of halogens is 1. The molecule has 0 saturated carbocycles. The van der Waals surface area contributed by atoms with Crippen molar-refractivity contribution in [3.63, 3.8) is 0 Å². The summed E-state index contributed by atoms with van der Waals surface area (Å²) in [5, 5.41) is 19.6. The Balaban J connectivity index is 2.13. The molecule has 2 rings (SSSR count). The van der Waals surface area contributed by atoms with E-state index in [1.165, 1.54) is 10.9 Å². The summed E-state index contributed by atoms with van der Waals surface area (Å²) in [6.07, 6.45) is 1.52. The van der Waals surface area contributed by atoms with E-state index in [1.54, 1.807) is 6.07 Å². The van der Waals surface area contributed by atoms with Crippen LogP contribution >= 0.6 is 15.9 Å². The molecule has 0 radical (unpaired) electrons. The van der Waals surface area contributed by atoms with Gasteiger partial charge in [0.1, 0.15) is 15.9 Å². The van der Waals surface area contributed by atoms with Crippen LogP contribution in [0.25, 0.3) is 0 Å². The maximum atomic E-state index is 11.9. The lowest BCUT2D eigenvalue weighted by Gasteiger charge is -2.08. The van der Waals surface area contributed by atoms with Crippen molar-refractivity contribution >= 4 is 21.6 Å². The molecule has 2 heterocycles. The van der Waals surface area contributed by atoms with Crippen LogP contribution in [0.2, 0.25) is 0 Å². The third-order valence-corrected chi connectivity index (χ3v) is 3.20. The molecule has 0 bridgehead atoms. The Bertz CT molecular complexity index is 623. The van der Waals surface area contributed by atoms with Crippen LogP contribution in [-0.2, 0) is 13.1 Å². The smallest absolute Gasteiger partial charge is 0.283 e. The summed E-state index contributed by atoms with van der Waals surface area (Å²) in [5.41, 5.74) is 1.01. The van der Waals surface area contributed by atoms with E-state index in [4.69, 9.17) is 9.63 Å². The fraction of sp³-hybridized carbons (Fsp3) is 0.364. The molecule has 0 aliphatic rings. The lowest BCUT2D eigenvalue weighted by atomic mass is 10.3. The van der Waals surface area contributed by atoms with Gasteiger partial charge in [-0.1, -0.05) is 5.16 Å². The molecule has 0 aliphatic carbocycles. The van der Waals surface area contributed by atoms with E-state index < -0.39 is 0 Å². The van der Waals surface area contributed by atoms with Gasteiger partial charge in [0.15, 0.2) is 0 Å². The summed E-state index contributed by atoms with van der Waals surface area (Å²) in [5.74, 6) is 0.729. The zero-order valence-corrected chi connectivity index (χ0v) is 11.8. The van der Waals surface area contributed by atoms with Crippen molar-refractivity contribution in [1.29, 1.82) is 0 Å². The first-order valence-electron chi connectivity index (χ1n) is 5.64. The molecule has 0 spiro atoms. The average molecular weight is 329 g/mol. The standard InChI is InChI=1S/C11H13BrN4O3/c1-7-4-8(15-19-7)5-13-9-6-14-16(2-3-17)11(18)10(9)12/h4,6,13,17H,2-3,5H2,1H3. The molecule has 0 aliphatic heterocycles. The van der Waals surface area contributed by atoms with Gasteiger partial charge in [0.25, 0.3) is 5.56 Å². The Labute approximate surface area is 117 Å². The number of aryl methyl sites for hydroxylation is 1. The summed E-state index contributed by atoms with van der Waals surface area (Å²) < 4.78 is 6.51. The first kappa shape index (κ1) is 13.8. The summed E-state index contributed by atoms with van der Waals surface area (Å²) in [7, 11) is 0. The summed E-state index contributed by atoms with van der Waals surface area (Å²) >= 11 is 3.22. The van der Waals surface area contributed by atoms with E-state index in [9.17, 15) is 4.79 Å². The summed E-state index contributed by atoms with van der Waals surface area (Å²) in [6.45, 7) is 2.27. The van der Waals surface area contributed by atoms with Gasteiger partial charge in [-0.15, -0.1) is 0 Å². The van der Waals surface area contributed by atoms with Crippen LogP contribution in [0.4, 0.5) is 5.69 Å².